The SMILES string of the molecule is COC(=O)c1c(C)c2c(c(C)c1C(=O)OC)CCc1c(C)sc(C)c1CC2. The molecule has 2 aromatic rings. The fourth-order valence-corrected chi connectivity index (χ4v) is 5.61. The lowest BCUT2D eigenvalue weighted by Gasteiger charge is -2.24. The van der Waals surface area contributed by atoms with Gasteiger partial charge in [0, 0.05) is 9.75 Å². The van der Waals surface area contributed by atoms with Gasteiger partial charge in [0.25, 0.3) is 0 Å². The Balaban J connectivity index is 2.22. The standard InChI is InChI=1S/C22H26O4S/c1-11-15-7-9-17-13(3)27-14(4)18(17)10-8-16(15)12(2)20(22(24)26-6)19(11)21(23)25-5/h7-10H2,1-6H3. The van der Waals surface area contributed by atoms with E-state index in [-0.39, 0.29) is 0 Å². The molecule has 0 radical (unpaired) electrons. The summed E-state index contributed by atoms with van der Waals surface area (Å²) in [6.07, 6.45) is 3.63. The number of ether oxygens (including phenoxy) is 2. The van der Waals surface area contributed by atoms with Gasteiger partial charge in [0.05, 0.1) is 25.3 Å². The lowest BCUT2D eigenvalue weighted by molar-refractivity contribution is 0.0553. The number of carbonyl (C=O) groups is 2. The summed E-state index contributed by atoms with van der Waals surface area (Å²) < 4.78 is 9.98. The van der Waals surface area contributed by atoms with E-state index < -0.39 is 11.9 Å². The molecule has 0 atom stereocenters. The average Bonchev–Trinajstić information content (AvgIpc) is 2.88. The zero-order chi connectivity index (χ0) is 19.9. The minimum Gasteiger partial charge on any atom is -0.465 e. The van der Waals surface area contributed by atoms with Crippen LogP contribution in [0, 0.1) is 27.7 Å². The Morgan fingerprint density at radius 2 is 1.00 bits per heavy atom. The predicted octanol–water partition coefficient (Wildman–Crippen LogP) is 4.44. The van der Waals surface area contributed by atoms with Crippen molar-refractivity contribution >= 4 is 23.3 Å². The molecule has 0 fully saturated rings. The van der Waals surface area contributed by atoms with Crippen molar-refractivity contribution in [2.24, 2.45) is 0 Å². The van der Waals surface area contributed by atoms with Gasteiger partial charge in [-0.3, -0.25) is 0 Å². The lowest BCUT2D eigenvalue weighted by atomic mass is 9.81. The van der Waals surface area contributed by atoms with Gasteiger partial charge in [0.1, 0.15) is 0 Å². The van der Waals surface area contributed by atoms with Crippen molar-refractivity contribution in [3.63, 3.8) is 0 Å². The number of esters is 2. The van der Waals surface area contributed by atoms with Crippen LogP contribution < -0.4 is 0 Å². The van der Waals surface area contributed by atoms with Gasteiger partial charge in [-0.2, -0.15) is 0 Å². The molecular weight excluding hydrogens is 360 g/mol. The second-order valence-corrected chi connectivity index (χ2v) is 8.54. The van der Waals surface area contributed by atoms with Crippen LogP contribution in [0.25, 0.3) is 0 Å². The van der Waals surface area contributed by atoms with Crippen molar-refractivity contribution in [3.05, 3.63) is 54.3 Å². The van der Waals surface area contributed by atoms with Gasteiger partial charge in [-0.15, -0.1) is 11.3 Å². The van der Waals surface area contributed by atoms with Crippen LogP contribution in [0.4, 0.5) is 0 Å². The maximum Gasteiger partial charge on any atom is 0.339 e. The summed E-state index contributed by atoms with van der Waals surface area (Å²) in [7, 11) is 2.69. The number of fused-ring (bicyclic) bond motifs is 2. The van der Waals surface area contributed by atoms with Crippen molar-refractivity contribution in [1.82, 2.24) is 0 Å². The molecule has 3 rings (SSSR count). The molecule has 0 amide bonds. The summed E-state index contributed by atoms with van der Waals surface area (Å²) in [5, 5.41) is 0. The molecule has 5 heteroatoms. The van der Waals surface area contributed by atoms with E-state index in [0.29, 0.717) is 11.1 Å². The maximum atomic E-state index is 12.5. The fourth-order valence-electron chi connectivity index (χ4n) is 4.45. The van der Waals surface area contributed by atoms with Crippen LogP contribution in [0.5, 0.6) is 0 Å². The largest absolute Gasteiger partial charge is 0.465 e. The predicted molar refractivity (Wildman–Crippen MR) is 107 cm³/mol. The number of methoxy groups -OCH3 is 2. The molecule has 0 spiro atoms. The van der Waals surface area contributed by atoms with Gasteiger partial charge in [-0.1, -0.05) is 0 Å². The Morgan fingerprint density at radius 1 is 0.667 bits per heavy atom. The molecule has 0 saturated heterocycles. The molecule has 0 N–H and O–H groups in total. The van der Waals surface area contributed by atoms with E-state index in [1.165, 1.54) is 46.2 Å². The van der Waals surface area contributed by atoms with E-state index in [1.54, 1.807) is 0 Å². The van der Waals surface area contributed by atoms with Crippen LogP contribution in [-0.4, -0.2) is 26.2 Å². The molecule has 0 bridgehead atoms. The van der Waals surface area contributed by atoms with Crippen molar-refractivity contribution in [2.45, 2.75) is 53.4 Å². The molecule has 1 heterocycles. The topological polar surface area (TPSA) is 52.6 Å². The van der Waals surface area contributed by atoms with Crippen molar-refractivity contribution in [1.29, 1.82) is 0 Å². The number of hydrogen-bond donors (Lipinski definition) is 0. The van der Waals surface area contributed by atoms with Gasteiger partial charge in [0.15, 0.2) is 0 Å². The minimum absolute atomic E-state index is 0.347. The van der Waals surface area contributed by atoms with Gasteiger partial charge in [-0.05, 0) is 86.8 Å². The van der Waals surface area contributed by atoms with Gasteiger partial charge >= 0.3 is 11.9 Å². The summed E-state index contributed by atoms with van der Waals surface area (Å²) >= 11 is 1.87. The number of aryl methyl sites for hydroxylation is 2. The monoisotopic (exact) mass is 386 g/mol. The third-order valence-electron chi connectivity index (χ3n) is 5.82. The van der Waals surface area contributed by atoms with Crippen LogP contribution in [0.1, 0.15) is 63.9 Å². The highest BCUT2D eigenvalue weighted by Gasteiger charge is 2.29. The summed E-state index contributed by atoms with van der Waals surface area (Å²) in [6, 6.07) is 0. The maximum absolute atomic E-state index is 12.5. The third kappa shape index (κ3) is 3.18. The van der Waals surface area contributed by atoms with E-state index >= 15 is 0 Å². The number of benzene rings is 1. The molecule has 0 saturated carbocycles. The number of thiophene rings is 1. The molecule has 0 aliphatic heterocycles. The zero-order valence-electron chi connectivity index (χ0n) is 16.9. The van der Waals surface area contributed by atoms with E-state index in [1.807, 2.05) is 25.2 Å². The second kappa shape index (κ2) is 7.47. The Labute approximate surface area is 164 Å². The molecule has 1 aliphatic carbocycles. The number of carbonyl (C=O) groups excluding carboxylic acids is 2. The van der Waals surface area contributed by atoms with Gasteiger partial charge in [0.2, 0.25) is 0 Å². The molecule has 1 aromatic carbocycles. The van der Waals surface area contributed by atoms with E-state index in [0.717, 1.165) is 36.8 Å². The first-order valence-corrected chi connectivity index (χ1v) is 10.0. The quantitative estimate of drug-likeness (QED) is 0.716. The highest BCUT2D eigenvalue weighted by molar-refractivity contribution is 7.12. The van der Waals surface area contributed by atoms with Crippen LogP contribution in [0.2, 0.25) is 0 Å². The summed E-state index contributed by atoms with van der Waals surface area (Å²) in [5.41, 5.74) is 7.64. The molecule has 0 unspecified atom stereocenters. The Hall–Kier alpha value is -2.14. The summed E-state index contributed by atoms with van der Waals surface area (Å²) in [6.45, 7) is 8.23. The second-order valence-electron chi connectivity index (χ2n) is 7.11. The highest BCUT2D eigenvalue weighted by atomic mass is 32.1. The zero-order valence-corrected chi connectivity index (χ0v) is 17.7. The molecular formula is C22H26O4S. The van der Waals surface area contributed by atoms with E-state index in [9.17, 15) is 9.59 Å². The normalized spacial score (nSPS) is 13.3. The molecule has 1 aromatic heterocycles. The number of rotatable bonds is 2. The first kappa shape index (κ1) is 19.6. The highest BCUT2D eigenvalue weighted by Crippen LogP contribution is 2.36. The van der Waals surface area contributed by atoms with E-state index in [2.05, 4.69) is 13.8 Å². The first-order valence-electron chi connectivity index (χ1n) is 9.21. The first-order chi connectivity index (χ1) is 12.8. The van der Waals surface area contributed by atoms with Gasteiger partial charge < -0.3 is 9.47 Å². The average molecular weight is 387 g/mol. The van der Waals surface area contributed by atoms with Crippen LogP contribution >= 0.6 is 11.3 Å². The Morgan fingerprint density at radius 3 is 1.33 bits per heavy atom. The summed E-state index contributed by atoms with van der Waals surface area (Å²) in [5.74, 6) is -0.965. The van der Waals surface area contributed by atoms with E-state index in [4.69, 9.17) is 9.47 Å². The van der Waals surface area contributed by atoms with Gasteiger partial charge in [-0.25, -0.2) is 9.59 Å². The van der Waals surface area contributed by atoms with Crippen molar-refractivity contribution in [3.8, 4) is 0 Å². The third-order valence-corrected chi connectivity index (χ3v) is 6.92. The smallest absolute Gasteiger partial charge is 0.339 e. The lowest BCUT2D eigenvalue weighted by Crippen LogP contribution is -2.20. The minimum atomic E-state index is -0.482. The molecule has 1 aliphatic rings. The van der Waals surface area contributed by atoms with Crippen molar-refractivity contribution in [2.75, 3.05) is 14.2 Å². The fraction of sp³-hybridized carbons (Fsp3) is 0.455. The van der Waals surface area contributed by atoms with Crippen LogP contribution in [0.15, 0.2) is 0 Å². The van der Waals surface area contributed by atoms with Crippen LogP contribution in [0.3, 0.4) is 0 Å². The molecule has 144 valence electrons. The molecule has 4 nitrogen and oxygen atoms in total. The van der Waals surface area contributed by atoms with Crippen molar-refractivity contribution < 1.29 is 19.1 Å². The number of hydrogen-bond acceptors (Lipinski definition) is 5. The summed E-state index contributed by atoms with van der Waals surface area (Å²) in [4.78, 5) is 27.8. The Bertz CT molecular complexity index is 863. The van der Waals surface area contributed by atoms with Crippen LogP contribution in [-0.2, 0) is 35.2 Å². The molecule has 27 heavy (non-hydrogen) atoms. The Kier molecular flexibility index (Phi) is 5.43.